The fourth-order valence-corrected chi connectivity index (χ4v) is 2.17. The third kappa shape index (κ3) is 6.54. The molecule has 1 rings (SSSR count). The molecule has 1 amide bonds. The van der Waals surface area contributed by atoms with E-state index < -0.39 is 5.82 Å². The molecule has 0 aliphatic carbocycles. The molecule has 0 radical (unpaired) electrons. The van der Waals surface area contributed by atoms with Gasteiger partial charge in [0.1, 0.15) is 5.82 Å². The van der Waals surface area contributed by atoms with Crippen LogP contribution in [0.4, 0.5) is 4.39 Å². The van der Waals surface area contributed by atoms with Crippen molar-refractivity contribution in [2.45, 2.75) is 39.5 Å². The molecule has 1 aromatic carbocycles. The van der Waals surface area contributed by atoms with Gasteiger partial charge in [0.15, 0.2) is 5.96 Å². The summed E-state index contributed by atoms with van der Waals surface area (Å²) < 4.78 is 13.4. The number of hydrogen-bond acceptors (Lipinski definition) is 3. The SMILES string of the molecule is CN=C(NCc1ccc(F)c(CO)c1)N(C)CC(=O)NC(C)(C)C. The summed E-state index contributed by atoms with van der Waals surface area (Å²) in [6, 6.07) is 4.56. The van der Waals surface area contributed by atoms with Crippen LogP contribution in [0.1, 0.15) is 31.9 Å². The van der Waals surface area contributed by atoms with Crippen molar-refractivity contribution in [2.75, 3.05) is 20.6 Å². The number of amides is 1. The van der Waals surface area contributed by atoms with E-state index in [-0.39, 0.29) is 30.2 Å². The van der Waals surface area contributed by atoms with E-state index in [4.69, 9.17) is 5.11 Å². The monoisotopic (exact) mass is 338 g/mol. The first-order chi connectivity index (χ1) is 11.2. The van der Waals surface area contributed by atoms with Gasteiger partial charge in [-0.15, -0.1) is 0 Å². The molecule has 0 aliphatic rings. The molecule has 3 N–H and O–H groups in total. The van der Waals surface area contributed by atoms with E-state index in [9.17, 15) is 9.18 Å². The molecule has 24 heavy (non-hydrogen) atoms. The van der Waals surface area contributed by atoms with Crippen LogP contribution in [0, 0.1) is 5.82 Å². The Balaban J connectivity index is 2.63. The zero-order valence-electron chi connectivity index (χ0n) is 15.0. The first-order valence-corrected chi connectivity index (χ1v) is 7.77. The molecule has 0 bridgehead atoms. The van der Waals surface area contributed by atoms with Crippen molar-refractivity contribution < 1.29 is 14.3 Å². The molecule has 134 valence electrons. The van der Waals surface area contributed by atoms with Gasteiger partial charge in [-0.05, 0) is 38.5 Å². The van der Waals surface area contributed by atoms with Gasteiger partial charge in [-0.25, -0.2) is 4.39 Å². The van der Waals surface area contributed by atoms with Gasteiger partial charge in [0.25, 0.3) is 0 Å². The van der Waals surface area contributed by atoms with Gasteiger partial charge in [-0.3, -0.25) is 9.79 Å². The number of benzene rings is 1. The standard InChI is InChI=1S/C17H27FN4O2/c1-17(2,3)21-15(24)10-22(5)16(19-4)20-9-12-6-7-14(18)13(8-12)11-23/h6-8,23H,9-11H2,1-5H3,(H,19,20)(H,21,24). The smallest absolute Gasteiger partial charge is 0.240 e. The topological polar surface area (TPSA) is 77.0 Å². The average molecular weight is 338 g/mol. The number of nitrogens with one attached hydrogen (secondary N) is 2. The Morgan fingerprint density at radius 1 is 1.38 bits per heavy atom. The summed E-state index contributed by atoms with van der Waals surface area (Å²) >= 11 is 0. The molecule has 0 spiro atoms. The molecule has 0 saturated heterocycles. The molecule has 0 aliphatic heterocycles. The van der Waals surface area contributed by atoms with Crippen LogP contribution in [0.2, 0.25) is 0 Å². The Kier molecular flexibility index (Phi) is 7.16. The molecule has 6 nitrogen and oxygen atoms in total. The van der Waals surface area contributed by atoms with E-state index in [0.29, 0.717) is 12.5 Å². The summed E-state index contributed by atoms with van der Waals surface area (Å²) in [6.45, 7) is 6.00. The lowest BCUT2D eigenvalue weighted by atomic mass is 10.1. The van der Waals surface area contributed by atoms with Crippen LogP contribution in [0.3, 0.4) is 0 Å². The van der Waals surface area contributed by atoms with E-state index in [2.05, 4.69) is 15.6 Å². The molecule has 0 fully saturated rings. The number of halogens is 1. The van der Waals surface area contributed by atoms with Gasteiger partial charge >= 0.3 is 0 Å². The lowest BCUT2D eigenvalue weighted by molar-refractivity contribution is -0.122. The largest absolute Gasteiger partial charge is 0.392 e. The zero-order valence-corrected chi connectivity index (χ0v) is 15.0. The Hall–Kier alpha value is -2.15. The van der Waals surface area contributed by atoms with Crippen molar-refractivity contribution in [2.24, 2.45) is 4.99 Å². The quantitative estimate of drug-likeness (QED) is 0.558. The summed E-state index contributed by atoms with van der Waals surface area (Å²) in [4.78, 5) is 17.8. The van der Waals surface area contributed by atoms with E-state index in [0.717, 1.165) is 5.56 Å². The highest BCUT2D eigenvalue weighted by molar-refractivity contribution is 5.86. The normalized spacial score (nSPS) is 12.0. The number of carbonyl (C=O) groups excluding carboxylic acids is 1. The highest BCUT2D eigenvalue weighted by Crippen LogP contribution is 2.10. The number of aliphatic imine (C=N–C) groups is 1. The lowest BCUT2D eigenvalue weighted by Gasteiger charge is -2.25. The first-order valence-electron chi connectivity index (χ1n) is 7.77. The number of aliphatic hydroxyl groups excluding tert-OH is 1. The Morgan fingerprint density at radius 3 is 2.58 bits per heavy atom. The lowest BCUT2D eigenvalue weighted by Crippen LogP contribution is -2.48. The van der Waals surface area contributed by atoms with Crippen molar-refractivity contribution in [1.29, 1.82) is 0 Å². The second kappa shape index (κ2) is 8.63. The number of nitrogens with zero attached hydrogens (tertiary/aromatic N) is 2. The van der Waals surface area contributed by atoms with E-state index in [1.165, 1.54) is 6.07 Å². The predicted octanol–water partition coefficient (Wildman–Crippen LogP) is 1.24. The Labute approximate surface area is 142 Å². The molecular weight excluding hydrogens is 311 g/mol. The van der Waals surface area contributed by atoms with Crippen LogP contribution in [-0.2, 0) is 17.9 Å². The van der Waals surface area contributed by atoms with E-state index in [1.54, 1.807) is 31.1 Å². The first kappa shape index (κ1) is 19.9. The van der Waals surface area contributed by atoms with Crippen molar-refractivity contribution in [3.05, 3.63) is 35.1 Å². The predicted molar refractivity (Wildman–Crippen MR) is 93.0 cm³/mol. The minimum atomic E-state index is -0.429. The highest BCUT2D eigenvalue weighted by atomic mass is 19.1. The second-order valence-corrected chi connectivity index (χ2v) is 6.64. The minimum Gasteiger partial charge on any atom is -0.392 e. The third-order valence-corrected chi connectivity index (χ3v) is 3.20. The summed E-state index contributed by atoms with van der Waals surface area (Å²) in [5, 5.41) is 15.1. The molecular formula is C17H27FN4O2. The maximum atomic E-state index is 13.4. The Morgan fingerprint density at radius 2 is 2.04 bits per heavy atom. The fraction of sp³-hybridized carbons (Fsp3) is 0.529. The van der Waals surface area contributed by atoms with Crippen LogP contribution in [0.5, 0.6) is 0 Å². The number of aliphatic hydroxyl groups is 1. The molecule has 0 heterocycles. The number of hydrogen-bond donors (Lipinski definition) is 3. The average Bonchev–Trinajstić information content (AvgIpc) is 2.47. The van der Waals surface area contributed by atoms with E-state index >= 15 is 0 Å². The third-order valence-electron chi connectivity index (χ3n) is 3.20. The van der Waals surface area contributed by atoms with Gasteiger partial charge in [0, 0.05) is 31.7 Å². The molecule has 0 aromatic heterocycles. The minimum absolute atomic E-state index is 0.0997. The molecule has 0 unspecified atom stereocenters. The summed E-state index contributed by atoms with van der Waals surface area (Å²) in [5.41, 5.74) is 0.778. The van der Waals surface area contributed by atoms with Crippen molar-refractivity contribution in [1.82, 2.24) is 15.5 Å². The summed E-state index contributed by atoms with van der Waals surface area (Å²) in [5.74, 6) is 0.0211. The second-order valence-electron chi connectivity index (χ2n) is 6.64. The number of likely N-dealkylation sites (N-methyl/N-ethyl adjacent to an activating group) is 1. The number of carbonyl (C=O) groups is 1. The van der Waals surface area contributed by atoms with Crippen molar-refractivity contribution >= 4 is 11.9 Å². The van der Waals surface area contributed by atoms with Gasteiger partial charge in [0.2, 0.25) is 5.91 Å². The van der Waals surface area contributed by atoms with Crippen LogP contribution >= 0.6 is 0 Å². The van der Waals surface area contributed by atoms with Gasteiger partial charge in [0.05, 0.1) is 13.2 Å². The van der Waals surface area contributed by atoms with E-state index in [1.807, 2.05) is 20.8 Å². The van der Waals surface area contributed by atoms with Gasteiger partial charge in [-0.2, -0.15) is 0 Å². The zero-order chi connectivity index (χ0) is 18.3. The molecule has 1 aromatic rings. The van der Waals surface area contributed by atoms with Crippen LogP contribution < -0.4 is 10.6 Å². The van der Waals surface area contributed by atoms with Crippen molar-refractivity contribution in [3.8, 4) is 0 Å². The molecule has 7 heteroatoms. The van der Waals surface area contributed by atoms with Gasteiger partial charge in [-0.1, -0.05) is 6.07 Å². The molecule has 0 saturated carbocycles. The van der Waals surface area contributed by atoms with Gasteiger partial charge < -0.3 is 20.6 Å². The number of guanidine groups is 1. The summed E-state index contributed by atoms with van der Waals surface area (Å²) in [6.07, 6.45) is 0. The summed E-state index contributed by atoms with van der Waals surface area (Å²) in [7, 11) is 3.39. The van der Waals surface area contributed by atoms with Crippen LogP contribution in [0.25, 0.3) is 0 Å². The Bertz CT molecular complexity index is 597. The van der Waals surface area contributed by atoms with Crippen LogP contribution in [-0.4, -0.2) is 48.1 Å². The van der Waals surface area contributed by atoms with Crippen LogP contribution in [0.15, 0.2) is 23.2 Å². The number of rotatable bonds is 5. The highest BCUT2D eigenvalue weighted by Gasteiger charge is 2.16. The maximum Gasteiger partial charge on any atom is 0.240 e. The van der Waals surface area contributed by atoms with Crippen molar-refractivity contribution in [3.63, 3.8) is 0 Å². The maximum absolute atomic E-state index is 13.4. The molecule has 0 atom stereocenters. The fourth-order valence-electron chi connectivity index (χ4n) is 2.17.